The Morgan fingerprint density at radius 2 is 1.54 bits per heavy atom. The molecule has 1 N–H and O–H groups in total. The molecule has 0 spiro atoms. The molecular weight excluding hydrogens is 339 g/mol. The molecule has 1 amide bonds. The van der Waals surface area contributed by atoms with Crippen LogP contribution in [0.4, 0.5) is 13.2 Å². The summed E-state index contributed by atoms with van der Waals surface area (Å²) in [7, 11) is 0. The molecule has 6 rings (SSSR count). The van der Waals surface area contributed by atoms with Gasteiger partial charge in [0.1, 0.15) is 0 Å². The molecule has 1 aromatic carbocycles. The molecule has 5 aliphatic rings. The van der Waals surface area contributed by atoms with E-state index >= 15 is 0 Å². The third kappa shape index (κ3) is 2.74. The van der Waals surface area contributed by atoms with Crippen LogP contribution in [0.5, 0.6) is 0 Å². The summed E-state index contributed by atoms with van der Waals surface area (Å²) in [4.78, 5) is 12.8. The van der Waals surface area contributed by atoms with Gasteiger partial charge >= 0.3 is 6.18 Å². The first-order valence-electron chi connectivity index (χ1n) is 9.81. The number of hydrogen-bond donors (Lipinski definition) is 1. The van der Waals surface area contributed by atoms with Crippen molar-refractivity contribution in [2.45, 2.75) is 62.6 Å². The van der Waals surface area contributed by atoms with Crippen LogP contribution in [0.3, 0.4) is 0 Å². The molecule has 5 aliphatic carbocycles. The Hall–Kier alpha value is -1.52. The molecule has 0 radical (unpaired) electrons. The summed E-state index contributed by atoms with van der Waals surface area (Å²) in [5, 5.41) is 3.32. The zero-order chi connectivity index (χ0) is 18.1. The Morgan fingerprint density at radius 1 is 0.962 bits per heavy atom. The van der Waals surface area contributed by atoms with Crippen molar-refractivity contribution in [3.05, 3.63) is 35.4 Å². The Kier molecular flexibility index (Phi) is 3.51. The largest absolute Gasteiger partial charge is 0.416 e. The number of halogens is 3. The van der Waals surface area contributed by atoms with Crippen LogP contribution in [-0.2, 0) is 11.0 Å². The smallest absolute Gasteiger partial charge is 0.350 e. The van der Waals surface area contributed by atoms with Crippen LogP contribution in [0.2, 0.25) is 0 Å². The Balaban J connectivity index is 1.31. The van der Waals surface area contributed by atoms with Crippen molar-refractivity contribution in [3.63, 3.8) is 0 Å². The molecule has 5 saturated carbocycles. The van der Waals surface area contributed by atoms with Gasteiger partial charge in [0.25, 0.3) is 0 Å². The summed E-state index contributed by atoms with van der Waals surface area (Å²) in [6.07, 6.45) is 3.30. The van der Waals surface area contributed by atoms with Gasteiger partial charge in [0.2, 0.25) is 5.91 Å². The minimum absolute atomic E-state index is 0.0195. The number of amides is 1. The summed E-state index contributed by atoms with van der Waals surface area (Å²) < 4.78 is 39.8. The van der Waals surface area contributed by atoms with Gasteiger partial charge in [-0.1, -0.05) is 18.2 Å². The van der Waals surface area contributed by atoms with Crippen molar-refractivity contribution >= 4 is 5.91 Å². The summed E-state index contributed by atoms with van der Waals surface area (Å²) in [6, 6.07) is 5.71. The highest BCUT2D eigenvalue weighted by molar-refractivity contribution is 5.83. The number of rotatable bonds is 3. The fraction of sp³-hybridized carbons (Fsp3) is 0.667. The quantitative estimate of drug-likeness (QED) is 0.814. The zero-order valence-corrected chi connectivity index (χ0v) is 14.7. The molecule has 2 unspecified atom stereocenters. The van der Waals surface area contributed by atoms with Crippen LogP contribution in [0.15, 0.2) is 24.3 Å². The minimum atomic E-state index is -4.36. The van der Waals surface area contributed by atoms with E-state index in [1.54, 1.807) is 6.07 Å². The number of nitrogens with one attached hydrogen (secondary N) is 1. The molecule has 0 heterocycles. The molecular formula is C21H24F3NO. The maximum Gasteiger partial charge on any atom is 0.416 e. The standard InChI is InChI=1S/C21H24F3NO/c22-21(23,24)18-4-2-1-3-15(18)16-8-17(16)19(26)25-20-9-12-5-13(10-20)7-14(6-12)11-20/h1-4,12-14,16-17H,5-11H2,(H,25,26). The third-order valence-electron chi connectivity index (χ3n) is 7.22. The van der Waals surface area contributed by atoms with Crippen LogP contribution >= 0.6 is 0 Å². The molecule has 0 saturated heterocycles. The number of benzene rings is 1. The second-order valence-corrected chi connectivity index (χ2v) is 9.22. The second kappa shape index (κ2) is 5.49. The molecule has 0 aromatic heterocycles. The lowest BCUT2D eigenvalue weighted by atomic mass is 9.53. The van der Waals surface area contributed by atoms with E-state index in [1.165, 1.54) is 31.4 Å². The summed E-state index contributed by atoms with van der Waals surface area (Å²) in [5.41, 5.74) is -0.372. The highest BCUT2D eigenvalue weighted by Gasteiger charge is 2.54. The number of carbonyl (C=O) groups excluding carboxylic acids is 1. The highest BCUT2D eigenvalue weighted by Crippen LogP contribution is 2.57. The number of carbonyl (C=O) groups is 1. The summed E-state index contributed by atoms with van der Waals surface area (Å²) in [6.45, 7) is 0. The van der Waals surface area contributed by atoms with Crippen LogP contribution in [0.1, 0.15) is 62.0 Å². The fourth-order valence-corrected chi connectivity index (χ4v) is 6.52. The van der Waals surface area contributed by atoms with Crippen molar-refractivity contribution in [1.82, 2.24) is 5.32 Å². The monoisotopic (exact) mass is 363 g/mol. The minimum Gasteiger partial charge on any atom is -0.350 e. The molecule has 0 aliphatic heterocycles. The molecule has 5 heteroatoms. The fourth-order valence-electron chi connectivity index (χ4n) is 6.52. The van der Waals surface area contributed by atoms with Crippen molar-refractivity contribution in [1.29, 1.82) is 0 Å². The molecule has 2 atom stereocenters. The molecule has 140 valence electrons. The maximum atomic E-state index is 13.3. The number of hydrogen-bond acceptors (Lipinski definition) is 1. The first-order chi connectivity index (χ1) is 12.3. The average molecular weight is 363 g/mol. The van der Waals surface area contributed by atoms with E-state index in [2.05, 4.69) is 5.32 Å². The normalized spacial score (nSPS) is 40.5. The topological polar surface area (TPSA) is 29.1 Å². The SMILES string of the molecule is O=C(NC12CC3CC(CC(C3)C1)C2)C1CC1c1ccccc1C(F)(F)F. The predicted octanol–water partition coefficient (Wildman–Crippen LogP) is 4.89. The Bertz CT molecular complexity index is 706. The molecule has 2 nitrogen and oxygen atoms in total. The van der Waals surface area contributed by atoms with Gasteiger partial charge in [-0.15, -0.1) is 0 Å². The van der Waals surface area contributed by atoms with Gasteiger partial charge in [0.05, 0.1) is 5.56 Å². The van der Waals surface area contributed by atoms with Crippen molar-refractivity contribution in [2.75, 3.05) is 0 Å². The van der Waals surface area contributed by atoms with E-state index in [9.17, 15) is 18.0 Å². The van der Waals surface area contributed by atoms with Crippen LogP contribution in [-0.4, -0.2) is 11.4 Å². The second-order valence-electron chi connectivity index (χ2n) is 9.22. The van der Waals surface area contributed by atoms with E-state index < -0.39 is 11.7 Å². The van der Waals surface area contributed by atoms with Gasteiger partial charge in [-0.05, 0) is 80.2 Å². The van der Waals surface area contributed by atoms with Gasteiger partial charge in [-0.25, -0.2) is 0 Å². The Morgan fingerprint density at radius 3 is 2.12 bits per heavy atom. The van der Waals surface area contributed by atoms with Gasteiger partial charge in [-0.3, -0.25) is 4.79 Å². The van der Waals surface area contributed by atoms with Crippen molar-refractivity contribution < 1.29 is 18.0 Å². The van der Waals surface area contributed by atoms with E-state index in [4.69, 9.17) is 0 Å². The van der Waals surface area contributed by atoms with Gasteiger partial charge in [-0.2, -0.15) is 13.2 Å². The molecule has 4 bridgehead atoms. The average Bonchev–Trinajstić information content (AvgIpc) is 3.33. The van der Waals surface area contributed by atoms with Crippen molar-refractivity contribution in [2.24, 2.45) is 23.7 Å². The van der Waals surface area contributed by atoms with Crippen LogP contribution < -0.4 is 5.32 Å². The molecule has 1 aromatic rings. The predicted molar refractivity (Wildman–Crippen MR) is 91.3 cm³/mol. The maximum absolute atomic E-state index is 13.3. The first kappa shape index (κ1) is 16.6. The van der Waals surface area contributed by atoms with E-state index in [-0.39, 0.29) is 28.8 Å². The lowest BCUT2D eigenvalue weighted by Gasteiger charge is -2.57. The zero-order valence-electron chi connectivity index (χ0n) is 14.7. The van der Waals surface area contributed by atoms with E-state index in [1.807, 2.05) is 0 Å². The van der Waals surface area contributed by atoms with Gasteiger partial charge in [0.15, 0.2) is 0 Å². The first-order valence-corrected chi connectivity index (χ1v) is 9.81. The van der Waals surface area contributed by atoms with Gasteiger partial charge in [0, 0.05) is 11.5 Å². The van der Waals surface area contributed by atoms with Crippen LogP contribution in [0, 0.1) is 23.7 Å². The van der Waals surface area contributed by atoms with E-state index in [0.717, 1.165) is 43.1 Å². The highest BCUT2D eigenvalue weighted by atomic mass is 19.4. The molecule has 5 fully saturated rings. The third-order valence-corrected chi connectivity index (χ3v) is 7.22. The lowest BCUT2D eigenvalue weighted by molar-refractivity contribution is -0.138. The molecule has 26 heavy (non-hydrogen) atoms. The Labute approximate surface area is 151 Å². The van der Waals surface area contributed by atoms with Crippen molar-refractivity contribution in [3.8, 4) is 0 Å². The summed E-state index contributed by atoms with van der Waals surface area (Å²) in [5.74, 6) is 1.61. The van der Waals surface area contributed by atoms with E-state index in [0.29, 0.717) is 6.42 Å². The lowest BCUT2D eigenvalue weighted by Crippen LogP contribution is -2.60. The van der Waals surface area contributed by atoms with Crippen LogP contribution in [0.25, 0.3) is 0 Å². The number of alkyl halides is 3. The summed E-state index contributed by atoms with van der Waals surface area (Å²) >= 11 is 0. The van der Waals surface area contributed by atoms with Gasteiger partial charge < -0.3 is 5.32 Å².